The fourth-order valence-corrected chi connectivity index (χ4v) is 1.97. The second kappa shape index (κ2) is 4.94. The first-order valence-corrected chi connectivity index (χ1v) is 5.79. The fourth-order valence-electron chi connectivity index (χ4n) is 1.51. The molecule has 80 valence electrons. The monoisotopic (exact) mass is 259 g/mol. The number of halogens is 1. The summed E-state index contributed by atoms with van der Waals surface area (Å²) in [6, 6.07) is 0. The van der Waals surface area contributed by atoms with Crippen LogP contribution < -0.4 is 0 Å². The standard InChI is InChI=1S/C10H18BrN3/c1-5-14(6-2)7-9-10(11)8(3)12-13(9)4/h5-7H2,1-4H3. The molecular weight excluding hydrogens is 242 g/mol. The normalized spacial score (nSPS) is 11.3. The third-order valence-electron chi connectivity index (χ3n) is 2.53. The number of hydrogen-bond acceptors (Lipinski definition) is 2. The number of aromatic nitrogens is 2. The van der Waals surface area contributed by atoms with E-state index < -0.39 is 0 Å². The summed E-state index contributed by atoms with van der Waals surface area (Å²) in [7, 11) is 2.00. The molecule has 14 heavy (non-hydrogen) atoms. The third kappa shape index (κ3) is 2.36. The van der Waals surface area contributed by atoms with E-state index in [0.717, 1.165) is 29.8 Å². The summed E-state index contributed by atoms with van der Waals surface area (Å²) in [6.45, 7) is 9.50. The van der Waals surface area contributed by atoms with Crippen LogP contribution in [0.25, 0.3) is 0 Å². The van der Waals surface area contributed by atoms with E-state index in [2.05, 4.69) is 39.8 Å². The summed E-state index contributed by atoms with van der Waals surface area (Å²) in [4.78, 5) is 2.38. The maximum absolute atomic E-state index is 4.38. The maximum atomic E-state index is 4.38. The number of hydrogen-bond donors (Lipinski definition) is 0. The first kappa shape index (κ1) is 11.7. The largest absolute Gasteiger partial charge is 0.298 e. The van der Waals surface area contributed by atoms with Gasteiger partial charge in [0.25, 0.3) is 0 Å². The molecule has 0 N–H and O–H groups in total. The zero-order valence-corrected chi connectivity index (χ0v) is 10.9. The predicted octanol–water partition coefficient (Wildman–Crippen LogP) is 2.33. The predicted molar refractivity (Wildman–Crippen MR) is 62.3 cm³/mol. The molecule has 1 rings (SSSR count). The third-order valence-corrected chi connectivity index (χ3v) is 3.56. The van der Waals surface area contributed by atoms with Crippen molar-refractivity contribution in [2.24, 2.45) is 7.05 Å². The highest BCUT2D eigenvalue weighted by Crippen LogP contribution is 2.21. The summed E-state index contributed by atoms with van der Waals surface area (Å²) in [5.74, 6) is 0. The van der Waals surface area contributed by atoms with E-state index in [9.17, 15) is 0 Å². The zero-order valence-electron chi connectivity index (χ0n) is 9.34. The lowest BCUT2D eigenvalue weighted by Crippen LogP contribution is -2.23. The Bertz CT molecular complexity index is 303. The number of rotatable bonds is 4. The first-order valence-electron chi connectivity index (χ1n) is 5.00. The highest BCUT2D eigenvalue weighted by Gasteiger charge is 2.12. The molecule has 0 amide bonds. The molecule has 0 aromatic carbocycles. The first-order chi connectivity index (χ1) is 6.60. The van der Waals surface area contributed by atoms with E-state index in [-0.39, 0.29) is 0 Å². The van der Waals surface area contributed by atoms with Crippen LogP contribution in [0.4, 0.5) is 0 Å². The number of nitrogens with zero attached hydrogens (tertiary/aromatic N) is 3. The van der Waals surface area contributed by atoms with Crippen LogP contribution in [0.5, 0.6) is 0 Å². The minimum Gasteiger partial charge on any atom is -0.298 e. The van der Waals surface area contributed by atoms with Crippen molar-refractivity contribution in [3.05, 3.63) is 15.9 Å². The van der Waals surface area contributed by atoms with Crippen LogP contribution in [-0.2, 0) is 13.6 Å². The molecule has 0 unspecified atom stereocenters. The smallest absolute Gasteiger partial charge is 0.0739 e. The molecule has 1 heterocycles. The number of aryl methyl sites for hydroxylation is 2. The lowest BCUT2D eigenvalue weighted by Gasteiger charge is -2.18. The lowest BCUT2D eigenvalue weighted by molar-refractivity contribution is 0.287. The molecule has 0 spiro atoms. The highest BCUT2D eigenvalue weighted by molar-refractivity contribution is 9.10. The molecule has 0 aliphatic heterocycles. The summed E-state index contributed by atoms with van der Waals surface area (Å²) in [5.41, 5.74) is 2.32. The van der Waals surface area contributed by atoms with Crippen LogP contribution in [0.3, 0.4) is 0 Å². The summed E-state index contributed by atoms with van der Waals surface area (Å²) < 4.78 is 3.10. The minimum absolute atomic E-state index is 0.963. The van der Waals surface area contributed by atoms with E-state index in [0.29, 0.717) is 0 Å². The van der Waals surface area contributed by atoms with E-state index in [1.807, 2.05) is 18.7 Å². The zero-order chi connectivity index (χ0) is 10.7. The Balaban J connectivity index is 2.84. The lowest BCUT2D eigenvalue weighted by atomic mass is 10.3. The average molecular weight is 260 g/mol. The Morgan fingerprint density at radius 3 is 2.29 bits per heavy atom. The molecular formula is C10H18BrN3. The molecule has 0 aliphatic rings. The van der Waals surface area contributed by atoms with E-state index >= 15 is 0 Å². The van der Waals surface area contributed by atoms with E-state index in [4.69, 9.17) is 0 Å². The Labute approximate surface area is 94.2 Å². The van der Waals surface area contributed by atoms with Crippen molar-refractivity contribution in [2.75, 3.05) is 13.1 Å². The van der Waals surface area contributed by atoms with Gasteiger partial charge in [-0.3, -0.25) is 9.58 Å². The van der Waals surface area contributed by atoms with Crippen LogP contribution >= 0.6 is 15.9 Å². The Morgan fingerprint density at radius 2 is 1.93 bits per heavy atom. The SMILES string of the molecule is CCN(CC)Cc1c(Br)c(C)nn1C. The molecule has 4 heteroatoms. The quantitative estimate of drug-likeness (QED) is 0.828. The molecule has 1 aromatic rings. The molecule has 0 aliphatic carbocycles. The Morgan fingerprint density at radius 1 is 1.36 bits per heavy atom. The summed E-state index contributed by atoms with van der Waals surface area (Å²) in [5, 5.41) is 4.38. The van der Waals surface area contributed by atoms with Gasteiger partial charge in [0, 0.05) is 13.6 Å². The van der Waals surface area contributed by atoms with E-state index in [1.165, 1.54) is 5.69 Å². The van der Waals surface area contributed by atoms with Crippen molar-refractivity contribution in [1.29, 1.82) is 0 Å². The van der Waals surface area contributed by atoms with Gasteiger partial charge >= 0.3 is 0 Å². The fraction of sp³-hybridized carbons (Fsp3) is 0.700. The second-order valence-corrected chi connectivity index (χ2v) is 4.22. The van der Waals surface area contributed by atoms with Crippen molar-refractivity contribution < 1.29 is 0 Å². The van der Waals surface area contributed by atoms with Gasteiger partial charge < -0.3 is 0 Å². The summed E-state index contributed by atoms with van der Waals surface area (Å²) >= 11 is 3.58. The van der Waals surface area contributed by atoms with Crippen molar-refractivity contribution in [3.8, 4) is 0 Å². The van der Waals surface area contributed by atoms with Gasteiger partial charge in [0.15, 0.2) is 0 Å². The highest BCUT2D eigenvalue weighted by atomic mass is 79.9. The Hall–Kier alpha value is -0.350. The molecule has 0 bridgehead atoms. The van der Waals surface area contributed by atoms with Crippen LogP contribution in [-0.4, -0.2) is 27.8 Å². The molecule has 1 aromatic heterocycles. The van der Waals surface area contributed by atoms with Gasteiger partial charge in [-0.05, 0) is 35.9 Å². The molecule has 0 fully saturated rings. The van der Waals surface area contributed by atoms with Crippen molar-refractivity contribution in [3.63, 3.8) is 0 Å². The maximum Gasteiger partial charge on any atom is 0.0739 e. The summed E-state index contributed by atoms with van der Waals surface area (Å²) in [6.07, 6.45) is 0. The van der Waals surface area contributed by atoms with Gasteiger partial charge in [0.2, 0.25) is 0 Å². The van der Waals surface area contributed by atoms with Crippen molar-refractivity contribution in [1.82, 2.24) is 14.7 Å². The van der Waals surface area contributed by atoms with Crippen molar-refractivity contribution >= 4 is 15.9 Å². The molecule has 0 saturated heterocycles. The van der Waals surface area contributed by atoms with Crippen LogP contribution in [0, 0.1) is 6.92 Å². The Kier molecular flexibility index (Phi) is 4.13. The van der Waals surface area contributed by atoms with Crippen LogP contribution in [0.1, 0.15) is 25.2 Å². The van der Waals surface area contributed by atoms with Crippen LogP contribution in [0.2, 0.25) is 0 Å². The van der Waals surface area contributed by atoms with Gasteiger partial charge in [-0.2, -0.15) is 5.10 Å². The molecule has 3 nitrogen and oxygen atoms in total. The van der Waals surface area contributed by atoms with E-state index in [1.54, 1.807) is 0 Å². The average Bonchev–Trinajstić information content (AvgIpc) is 2.40. The van der Waals surface area contributed by atoms with Crippen LogP contribution in [0.15, 0.2) is 4.47 Å². The van der Waals surface area contributed by atoms with Gasteiger partial charge in [-0.25, -0.2) is 0 Å². The topological polar surface area (TPSA) is 21.1 Å². The van der Waals surface area contributed by atoms with Gasteiger partial charge in [0.05, 0.1) is 15.9 Å². The van der Waals surface area contributed by atoms with Crippen molar-refractivity contribution in [2.45, 2.75) is 27.3 Å². The van der Waals surface area contributed by atoms with Gasteiger partial charge in [-0.1, -0.05) is 13.8 Å². The van der Waals surface area contributed by atoms with Gasteiger partial charge in [0.1, 0.15) is 0 Å². The van der Waals surface area contributed by atoms with Gasteiger partial charge in [-0.15, -0.1) is 0 Å². The second-order valence-electron chi connectivity index (χ2n) is 3.43. The minimum atomic E-state index is 0.963. The molecule has 0 radical (unpaired) electrons. The molecule has 0 saturated carbocycles. The molecule has 0 atom stereocenters.